The molecular formula is C29H32BrCl2N3O4S. The van der Waals surface area contributed by atoms with Gasteiger partial charge in [0.2, 0.25) is 21.8 Å². The summed E-state index contributed by atoms with van der Waals surface area (Å²) >= 11 is 16.0. The lowest BCUT2D eigenvalue weighted by molar-refractivity contribution is -0.140. The Balaban J connectivity index is 2.07. The minimum Gasteiger partial charge on any atom is -0.354 e. The van der Waals surface area contributed by atoms with Crippen molar-refractivity contribution < 1.29 is 18.0 Å². The van der Waals surface area contributed by atoms with Crippen LogP contribution in [0.5, 0.6) is 0 Å². The maximum atomic E-state index is 14.1. The predicted molar refractivity (Wildman–Crippen MR) is 165 cm³/mol. The first-order valence-electron chi connectivity index (χ1n) is 12.6. The van der Waals surface area contributed by atoms with Crippen LogP contribution in [0.15, 0.2) is 77.3 Å². The average Bonchev–Trinajstić information content (AvgIpc) is 2.89. The zero-order chi connectivity index (χ0) is 29.4. The largest absolute Gasteiger partial charge is 0.354 e. The highest BCUT2D eigenvalue weighted by Gasteiger charge is 2.33. The van der Waals surface area contributed by atoms with Crippen LogP contribution in [0.25, 0.3) is 0 Å². The van der Waals surface area contributed by atoms with Crippen molar-refractivity contribution >= 4 is 66.7 Å². The van der Waals surface area contributed by atoms with E-state index in [1.807, 2.05) is 68.4 Å². The number of anilines is 1. The Kier molecular flexibility index (Phi) is 11.5. The van der Waals surface area contributed by atoms with Crippen LogP contribution in [0.3, 0.4) is 0 Å². The van der Waals surface area contributed by atoms with E-state index >= 15 is 0 Å². The zero-order valence-corrected chi connectivity index (χ0v) is 26.4. The predicted octanol–water partition coefficient (Wildman–Crippen LogP) is 5.93. The number of halogens is 3. The van der Waals surface area contributed by atoms with Gasteiger partial charge >= 0.3 is 0 Å². The minimum absolute atomic E-state index is 0.0106. The molecule has 1 atom stereocenters. The molecule has 0 saturated carbocycles. The Morgan fingerprint density at radius 3 is 2.23 bits per heavy atom. The van der Waals surface area contributed by atoms with Crippen LogP contribution in [0, 0.1) is 5.92 Å². The molecule has 1 unspecified atom stereocenters. The van der Waals surface area contributed by atoms with Gasteiger partial charge in [-0.15, -0.1) is 0 Å². The molecule has 0 radical (unpaired) electrons. The molecule has 0 aliphatic carbocycles. The van der Waals surface area contributed by atoms with Crippen molar-refractivity contribution in [2.75, 3.05) is 23.7 Å². The molecule has 0 aliphatic heterocycles. The average molecular weight is 669 g/mol. The molecule has 40 heavy (non-hydrogen) atoms. The monoisotopic (exact) mass is 667 g/mol. The molecule has 214 valence electrons. The Labute approximate surface area is 254 Å². The van der Waals surface area contributed by atoms with E-state index in [9.17, 15) is 18.0 Å². The molecule has 0 heterocycles. The molecule has 3 aromatic carbocycles. The normalized spacial score (nSPS) is 12.2. The molecular weight excluding hydrogens is 637 g/mol. The van der Waals surface area contributed by atoms with E-state index in [0.29, 0.717) is 6.54 Å². The van der Waals surface area contributed by atoms with E-state index in [2.05, 4.69) is 21.2 Å². The van der Waals surface area contributed by atoms with Gasteiger partial charge in [-0.3, -0.25) is 13.9 Å². The van der Waals surface area contributed by atoms with Crippen molar-refractivity contribution in [2.24, 2.45) is 5.92 Å². The maximum Gasteiger partial charge on any atom is 0.244 e. The van der Waals surface area contributed by atoms with Gasteiger partial charge in [0, 0.05) is 24.0 Å². The fraction of sp³-hybridized carbons (Fsp3) is 0.310. The summed E-state index contributed by atoms with van der Waals surface area (Å²) < 4.78 is 27.5. The molecule has 2 amide bonds. The van der Waals surface area contributed by atoms with E-state index in [0.717, 1.165) is 26.2 Å². The van der Waals surface area contributed by atoms with Crippen molar-refractivity contribution in [1.82, 2.24) is 10.2 Å². The van der Waals surface area contributed by atoms with Crippen molar-refractivity contribution in [3.05, 3.63) is 98.4 Å². The molecule has 7 nitrogen and oxygen atoms in total. The van der Waals surface area contributed by atoms with E-state index < -0.39 is 28.5 Å². The first kappa shape index (κ1) is 31.9. The van der Waals surface area contributed by atoms with E-state index in [-0.39, 0.29) is 40.5 Å². The Bertz CT molecular complexity index is 1440. The highest BCUT2D eigenvalue weighted by atomic mass is 79.9. The molecule has 0 aromatic heterocycles. The summed E-state index contributed by atoms with van der Waals surface area (Å²) in [6.45, 7) is 3.89. The number of nitrogens with one attached hydrogen (secondary N) is 1. The standard InChI is InChI=1S/C29H32BrCl2N3O4S/c1-20(2)17-33-29(37)26(16-21-9-5-4-6-10-21)34(18-22-11-7-12-23(30)15-22)27(36)19-35(40(3,38)39)25-14-8-13-24(31)28(25)32/h4-15,20,26H,16-19H2,1-3H3,(H,33,37). The smallest absolute Gasteiger partial charge is 0.244 e. The van der Waals surface area contributed by atoms with Gasteiger partial charge in [0.1, 0.15) is 12.6 Å². The SMILES string of the molecule is CC(C)CNC(=O)C(Cc1ccccc1)N(Cc1cccc(Br)c1)C(=O)CN(c1cccc(Cl)c1Cl)S(C)(=O)=O. The van der Waals surface area contributed by atoms with Gasteiger partial charge in [0.15, 0.2) is 0 Å². The van der Waals surface area contributed by atoms with Gasteiger partial charge in [-0.2, -0.15) is 0 Å². The third-order valence-electron chi connectivity index (χ3n) is 6.08. The lowest BCUT2D eigenvalue weighted by Gasteiger charge is -2.34. The van der Waals surface area contributed by atoms with Gasteiger partial charge < -0.3 is 10.2 Å². The Morgan fingerprint density at radius 2 is 1.60 bits per heavy atom. The Morgan fingerprint density at radius 1 is 0.950 bits per heavy atom. The molecule has 0 aliphatic rings. The molecule has 3 rings (SSSR count). The quantitative estimate of drug-likeness (QED) is 0.259. The van der Waals surface area contributed by atoms with Crippen LogP contribution >= 0.6 is 39.1 Å². The van der Waals surface area contributed by atoms with Crippen molar-refractivity contribution in [2.45, 2.75) is 32.9 Å². The summed E-state index contributed by atoms with van der Waals surface area (Å²) in [6, 6.07) is 20.4. The second-order valence-electron chi connectivity index (χ2n) is 9.84. The number of carbonyl (C=O) groups is 2. The zero-order valence-electron chi connectivity index (χ0n) is 22.5. The highest BCUT2D eigenvalue weighted by Crippen LogP contribution is 2.34. The fourth-order valence-corrected chi connectivity index (χ4v) is 5.84. The molecule has 0 spiro atoms. The molecule has 1 N–H and O–H groups in total. The number of rotatable bonds is 12. The first-order chi connectivity index (χ1) is 18.9. The van der Waals surface area contributed by atoms with Gasteiger partial charge in [-0.1, -0.05) is 102 Å². The van der Waals surface area contributed by atoms with E-state index in [4.69, 9.17) is 23.2 Å². The highest BCUT2D eigenvalue weighted by molar-refractivity contribution is 9.10. The van der Waals surface area contributed by atoms with Crippen LogP contribution in [-0.2, 0) is 32.6 Å². The van der Waals surface area contributed by atoms with Crippen LogP contribution in [-0.4, -0.2) is 50.5 Å². The second kappa shape index (κ2) is 14.3. The van der Waals surface area contributed by atoms with E-state index in [1.54, 1.807) is 6.07 Å². The van der Waals surface area contributed by atoms with Gasteiger partial charge in [0.05, 0.1) is 22.0 Å². The van der Waals surface area contributed by atoms with Gasteiger partial charge in [-0.25, -0.2) is 8.42 Å². The topological polar surface area (TPSA) is 86.8 Å². The van der Waals surface area contributed by atoms with Gasteiger partial charge in [-0.05, 0) is 41.3 Å². The van der Waals surface area contributed by atoms with Crippen LogP contribution < -0.4 is 9.62 Å². The lowest BCUT2D eigenvalue weighted by Crippen LogP contribution is -2.53. The minimum atomic E-state index is -3.96. The number of hydrogen-bond donors (Lipinski definition) is 1. The molecule has 3 aromatic rings. The number of nitrogens with zero attached hydrogens (tertiary/aromatic N) is 2. The molecule has 11 heteroatoms. The number of benzene rings is 3. The number of sulfonamides is 1. The third kappa shape index (κ3) is 8.96. The van der Waals surface area contributed by atoms with Crippen LogP contribution in [0.4, 0.5) is 5.69 Å². The molecule has 0 fully saturated rings. The summed E-state index contributed by atoms with van der Waals surface area (Å²) in [7, 11) is -3.96. The van der Waals surface area contributed by atoms with Crippen LogP contribution in [0.1, 0.15) is 25.0 Å². The summed E-state index contributed by atoms with van der Waals surface area (Å²) in [5, 5.41) is 3.12. The lowest BCUT2D eigenvalue weighted by atomic mass is 10.0. The third-order valence-corrected chi connectivity index (χ3v) is 8.51. The van der Waals surface area contributed by atoms with Crippen molar-refractivity contribution in [3.8, 4) is 0 Å². The van der Waals surface area contributed by atoms with Crippen molar-refractivity contribution in [1.29, 1.82) is 0 Å². The fourth-order valence-electron chi connectivity index (χ4n) is 4.09. The maximum absolute atomic E-state index is 14.1. The van der Waals surface area contributed by atoms with Gasteiger partial charge in [0.25, 0.3) is 0 Å². The van der Waals surface area contributed by atoms with Crippen LogP contribution in [0.2, 0.25) is 10.0 Å². The molecule has 0 bridgehead atoms. The van der Waals surface area contributed by atoms with Crippen molar-refractivity contribution in [3.63, 3.8) is 0 Å². The molecule has 0 saturated heterocycles. The number of carbonyl (C=O) groups excluding carboxylic acids is 2. The summed E-state index contributed by atoms with van der Waals surface area (Å²) in [5.74, 6) is -0.698. The Hall–Kier alpha value is -2.59. The number of hydrogen-bond acceptors (Lipinski definition) is 4. The second-order valence-corrected chi connectivity index (χ2v) is 13.4. The first-order valence-corrected chi connectivity index (χ1v) is 16.0. The van der Waals surface area contributed by atoms with E-state index in [1.165, 1.54) is 17.0 Å². The number of amides is 2. The summed E-state index contributed by atoms with van der Waals surface area (Å²) in [4.78, 5) is 29.1. The summed E-state index contributed by atoms with van der Waals surface area (Å²) in [6.07, 6.45) is 1.23. The summed E-state index contributed by atoms with van der Waals surface area (Å²) in [5.41, 5.74) is 1.71.